The zero-order valence-corrected chi connectivity index (χ0v) is 13.1. The van der Waals surface area contributed by atoms with Crippen LogP contribution in [-0.2, 0) is 17.6 Å². The molecule has 5 heteroatoms. The second kappa shape index (κ2) is 8.08. The van der Waals surface area contributed by atoms with Crippen LogP contribution in [0.4, 0.5) is 5.69 Å². The van der Waals surface area contributed by atoms with Gasteiger partial charge in [0.2, 0.25) is 5.91 Å². The topological polar surface area (TPSA) is 72.2 Å². The van der Waals surface area contributed by atoms with Crippen LogP contribution in [0.1, 0.15) is 23.1 Å². The summed E-state index contributed by atoms with van der Waals surface area (Å²) in [4.78, 5) is 22.4. The number of amides is 1. The number of nitrogens with zero attached hydrogens (tertiary/aromatic N) is 1. The van der Waals surface area contributed by atoms with E-state index in [1.54, 1.807) is 18.2 Å². The van der Waals surface area contributed by atoms with Gasteiger partial charge in [0, 0.05) is 18.2 Å². The molecule has 0 aliphatic carbocycles. The molecule has 2 aromatic carbocycles. The molecule has 1 amide bonds. The number of carbonyl (C=O) groups excluding carboxylic acids is 1. The summed E-state index contributed by atoms with van der Waals surface area (Å²) in [7, 11) is 0. The molecular weight excluding hydrogens is 292 g/mol. The summed E-state index contributed by atoms with van der Waals surface area (Å²) >= 11 is 0. The van der Waals surface area contributed by atoms with Gasteiger partial charge in [-0.2, -0.15) is 0 Å². The molecule has 2 rings (SSSR count). The number of benzene rings is 2. The van der Waals surface area contributed by atoms with Crippen LogP contribution in [0.15, 0.2) is 48.5 Å². The van der Waals surface area contributed by atoms with E-state index >= 15 is 0 Å². The van der Waals surface area contributed by atoms with Crippen molar-refractivity contribution in [3.63, 3.8) is 0 Å². The van der Waals surface area contributed by atoms with Gasteiger partial charge in [0.05, 0.1) is 11.3 Å². The molecular formula is C18H20N2O3. The van der Waals surface area contributed by atoms with E-state index in [9.17, 15) is 14.9 Å². The van der Waals surface area contributed by atoms with E-state index in [1.165, 1.54) is 17.2 Å². The molecule has 0 aromatic heterocycles. The van der Waals surface area contributed by atoms with Gasteiger partial charge < -0.3 is 5.32 Å². The largest absolute Gasteiger partial charge is 0.356 e. The van der Waals surface area contributed by atoms with Crippen LogP contribution < -0.4 is 5.32 Å². The summed E-state index contributed by atoms with van der Waals surface area (Å²) in [6.07, 6.45) is 1.76. The Hall–Kier alpha value is -2.69. The first-order valence-electron chi connectivity index (χ1n) is 7.61. The lowest BCUT2D eigenvalue weighted by molar-refractivity contribution is -0.385. The average Bonchev–Trinajstić information content (AvgIpc) is 2.52. The van der Waals surface area contributed by atoms with Crippen LogP contribution in [0.25, 0.3) is 0 Å². The van der Waals surface area contributed by atoms with Crippen molar-refractivity contribution in [3.05, 3.63) is 75.3 Å². The Balaban J connectivity index is 1.79. The van der Waals surface area contributed by atoms with Crippen LogP contribution in [0.3, 0.4) is 0 Å². The van der Waals surface area contributed by atoms with Crippen LogP contribution in [-0.4, -0.2) is 17.4 Å². The Labute approximate surface area is 135 Å². The number of carbonyl (C=O) groups is 1. The van der Waals surface area contributed by atoms with Crippen LogP contribution in [0.5, 0.6) is 0 Å². The van der Waals surface area contributed by atoms with Gasteiger partial charge in [-0.25, -0.2) is 0 Å². The fourth-order valence-electron chi connectivity index (χ4n) is 2.46. The molecule has 0 heterocycles. The van der Waals surface area contributed by atoms with Crippen LogP contribution >= 0.6 is 0 Å². The fourth-order valence-corrected chi connectivity index (χ4v) is 2.46. The van der Waals surface area contributed by atoms with Crippen molar-refractivity contribution in [2.24, 2.45) is 0 Å². The van der Waals surface area contributed by atoms with Gasteiger partial charge >= 0.3 is 0 Å². The SMILES string of the molecule is Cc1cccc(CCCNC(=O)Cc2ccccc2[N+](=O)[O-])c1. The van der Waals surface area contributed by atoms with E-state index in [2.05, 4.69) is 30.4 Å². The van der Waals surface area contributed by atoms with Gasteiger partial charge in [0.15, 0.2) is 0 Å². The van der Waals surface area contributed by atoms with Crippen molar-refractivity contribution >= 4 is 11.6 Å². The third kappa shape index (κ3) is 5.21. The predicted molar refractivity (Wildman–Crippen MR) is 89.3 cm³/mol. The minimum atomic E-state index is -0.458. The van der Waals surface area contributed by atoms with Crippen molar-refractivity contribution in [1.82, 2.24) is 5.32 Å². The van der Waals surface area contributed by atoms with Crippen molar-refractivity contribution in [1.29, 1.82) is 0 Å². The van der Waals surface area contributed by atoms with E-state index in [0.29, 0.717) is 12.1 Å². The second-order valence-electron chi connectivity index (χ2n) is 5.51. The van der Waals surface area contributed by atoms with E-state index < -0.39 is 4.92 Å². The third-order valence-corrected chi connectivity index (χ3v) is 3.59. The first-order chi connectivity index (χ1) is 11.1. The molecule has 0 atom stereocenters. The molecule has 5 nitrogen and oxygen atoms in total. The quantitative estimate of drug-likeness (QED) is 0.485. The minimum absolute atomic E-state index is 0.0117. The lowest BCUT2D eigenvalue weighted by Crippen LogP contribution is -2.26. The summed E-state index contributed by atoms with van der Waals surface area (Å²) in [5.41, 5.74) is 2.90. The molecule has 0 radical (unpaired) electrons. The van der Waals surface area contributed by atoms with Crippen LogP contribution in [0, 0.1) is 17.0 Å². The minimum Gasteiger partial charge on any atom is -0.356 e. The molecule has 0 aliphatic rings. The Morgan fingerprint density at radius 3 is 2.70 bits per heavy atom. The van der Waals surface area contributed by atoms with E-state index in [4.69, 9.17) is 0 Å². The van der Waals surface area contributed by atoms with Gasteiger partial charge in [-0.15, -0.1) is 0 Å². The molecule has 1 N–H and O–H groups in total. The first kappa shape index (κ1) is 16.7. The summed E-state index contributed by atoms with van der Waals surface area (Å²) in [5, 5.41) is 13.7. The highest BCUT2D eigenvalue weighted by Crippen LogP contribution is 2.17. The number of para-hydroxylation sites is 1. The monoisotopic (exact) mass is 312 g/mol. The average molecular weight is 312 g/mol. The normalized spacial score (nSPS) is 10.3. The number of rotatable bonds is 7. The second-order valence-corrected chi connectivity index (χ2v) is 5.51. The van der Waals surface area contributed by atoms with E-state index in [1.807, 2.05) is 6.07 Å². The Kier molecular flexibility index (Phi) is 5.86. The molecule has 0 fully saturated rings. The molecule has 23 heavy (non-hydrogen) atoms. The molecule has 0 saturated carbocycles. The molecule has 2 aromatic rings. The Bertz CT molecular complexity index is 698. The van der Waals surface area contributed by atoms with E-state index in [-0.39, 0.29) is 18.0 Å². The summed E-state index contributed by atoms with van der Waals surface area (Å²) in [6, 6.07) is 14.6. The molecule has 0 spiro atoms. The van der Waals surface area contributed by atoms with Gasteiger partial charge in [-0.05, 0) is 25.3 Å². The van der Waals surface area contributed by atoms with Crippen molar-refractivity contribution in [2.45, 2.75) is 26.2 Å². The highest BCUT2D eigenvalue weighted by molar-refractivity contribution is 5.79. The molecule has 0 saturated heterocycles. The van der Waals surface area contributed by atoms with Gasteiger partial charge in [0.25, 0.3) is 5.69 Å². The standard InChI is InChI=1S/C18H20N2O3/c1-14-6-4-7-15(12-14)8-5-11-19-18(21)13-16-9-2-3-10-17(16)20(22)23/h2-4,6-7,9-10,12H,5,8,11,13H2,1H3,(H,19,21). The Morgan fingerprint density at radius 2 is 1.96 bits per heavy atom. The molecule has 0 bridgehead atoms. The highest BCUT2D eigenvalue weighted by atomic mass is 16.6. The predicted octanol–water partition coefficient (Wildman–Crippen LogP) is 3.19. The van der Waals surface area contributed by atoms with Crippen LogP contribution in [0.2, 0.25) is 0 Å². The molecule has 0 unspecified atom stereocenters. The summed E-state index contributed by atoms with van der Waals surface area (Å²) in [5.74, 6) is -0.191. The highest BCUT2D eigenvalue weighted by Gasteiger charge is 2.14. The maximum atomic E-state index is 11.9. The first-order valence-corrected chi connectivity index (χ1v) is 7.61. The van der Waals surface area contributed by atoms with Gasteiger partial charge in [-0.3, -0.25) is 14.9 Å². The number of hydrogen-bond acceptors (Lipinski definition) is 3. The van der Waals surface area contributed by atoms with Crippen molar-refractivity contribution < 1.29 is 9.72 Å². The molecule has 0 aliphatic heterocycles. The third-order valence-electron chi connectivity index (χ3n) is 3.59. The fraction of sp³-hybridized carbons (Fsp3) is 0.278. The lowest BCUT2D eigenvalue weighted by Gasteiger charge is -2.06. The number of hydrogen-bond donors (Lipinski definition) is 1. The number of nitro benzene ring substituents is 1. The van der Waals surface area contributed by atoms with Gasteiger partial charge in [0.1, 0.15) is 0 Å². The van der Waals surface area contributed by atoms with Crippen molar-refractivity contribution in [3.8, 4) is 0 Å². The summed E-state index contributed by atoms with van der Waals surface area (Å²) < 4.78 is 0. The Morgan fingerprint density at radius 1 is 1.17 bits per heavy atom. The number of nitrogens with one attached hydrogen (secondary N) is 1. The lowest BCUT2D eigenvalue weighted by atomic mass is 10.1. The smallest absolute Gasteiger partial charge is 0.273 e. The number of nitro groups is 1. The van der Waals surface area contributed by atoms with Gasteiger partial charge in [-0.1, -0.05) is 48.0 Å². The summed E-state index contributed by atoms with van der Waals surface area (Å²) in [6.45, 7) is 2.62. The zero-order valence-electron chi connectivity index (χ0n) is 13.1. The zero-order chi connectivity index (χ0) is 16.7. The number of aryl methyl sites for hydroxylation is 2. The maximum Gasteiger partial charge on any atom is 0.273 e. The maximum absolute atomic E-state index is 11.9. The molecule has 120 valence electrons. The van der Waals surface area contributed by atoms with E-state index in [0.717, 1.165) is 12.8 Å². The van der Waals surface area contributed by atoms with Crippen molar-refractivity contribution in [2.75, 3.05) is 6.54 Å².